The van der Waals surface area contributed by atoms with Crippen LogP contribution in [-0.2, 0) is 4.79 Å². The van der Waals surface area contributed by atoms with E-state index in [-0.39, 0.29) is 17.5 Å². The lowest BCUT2D eigenvalue weighted by Gasteiger charge is -2.18. The SMILES string of the molecule is O=C(CSc1ccc2c(c1)OCCO2)Nc1nc2ccc(F)cc2s1. The zero-order valence-electron chi connectivity index (χ0n) is 13.0. The average molecular weight is 376 g/mol. The van der Waals surface area contributed by atoms with Gasteiger partial charge >= 0.3 is 0 Å². The molecule has 0 saturated heterocycles. The van der Waals surface area contributed by atoms with E-state index in [9.17, 15) is 9.18 Å². The van der Waals surface area contributed by atoms with E-state index in [1.54, 1.807) is 6.07 Å². The standard InChI is InChI=1S/C17H13FN2O3S2/c18-10-1-3-12-15(7-10)25-17(19-12)20-16(21)9-24-11-2-4-13-14(8-11)23-6-5-22-13/h1-4,7-8H,5-6,9H2,(H,19,20,21). The second-order valence-corrected chi connectivity index (χ2v) is 7.35. The van der Waals surface area contributed by atoms with E-state index in [2.05, 4.69) is 10.3 Å². The molecular weight excluding hydrogens is 363 g/mol. The van der Waals surface area contributed by atoms with Gasteiger partial charge in [-0.2, -0.15) is 0 Å². The Labute approximate surface area is 151 Å². The van der Waals surface area contributed by atoms with Crippen molar-refractivity contribution in [1.29, 1.82) is 0 Å². The molecule has 0 aliphatic carbocycles. The summed E-state index contributed by atoms with van der Waals surface area (Å²) in [4.78, 5) is 17.3. The first kappa shape index (κ1) is 16.2. The average Bonchev–Trinajstić information content (AvgIpc) is 3.01. The van der Waals surface area contributed by atoms with Gasteiger partial charge in [-0.1, -0.05) is 11.3 Å². The fourth-order valence-corrected chi connectivity index (χ4v) is 4.00. The molecule has 1 aromatic heterocycles. The number of fused-ring (bicyclic) bond motifs is 2. The molecule has 25 heavy (non-hydrogen) atoms. The van der Waals surface area contributed by atoms with Crippen LogP contribution in [0, 0.1) is 5.82 Å². The third-order valence-electron chi connectivity index (χ3n) is 3.48. The summed E-state index contributed by atoms with van der Waals surface area (Å²) in [5, 5.41) is 3.22. The molecule has 8 heteroatoms. The highest BCUT2D eigenvalue weighted by Gasteiger charge is 2.13. The monoisotopic (exact) mass is 376 g/mol. The van der Waals surface area contributed by atoms with Gasteiger partial charge in [-0.15, -0.1) is 11.8 Å². The molecule has 3 aromatic rings. The van der Waals surface area contributed by atoms with Crippen LogP contribution in [0.4, 0.5) is 9.52 Å². The van der Waals surface area contributed by atoms with Crippen LogP contribution in [0.25, 0.3) is 10.2 Å². The van der Waals surface area contributed by atoms with E-state index in [1.807, 2.05) is 18.2 Å². The lowest BCUT2D eigenvalue weighted by molar-refractivity contribution is -0.113. The highest BCUT2D eigenvalue weighted by Crippen LogP contribution is 2.34. The fourth-order valence-electron chi connectivity index (χ4n) is 2.37. The molecule has 0 spiro atoms. The number of thiazole rings is 1. The maximum atomic E-state index is 13.2. The highest BCUT2D eigenvalue weighted by molar-refractivity contribution is 8.00. The number of amides is 1. The van der Waals surface area contributed by atoms with Gasteiger partial charge in [-0.3, -0.25) is 4.79 Å². The number of hydrogen-bond acceptors (Lipinski definition) is 6. The van der Waals surface area contributed by atoms with Gasteiger partial charge in [0.15, 0.2) is 16.6 Å². The Morgan fingerprint density at radius 3 is 2.92 bits per heavy atom. The first-order chi connectivity index (χ1) is 12.2. The van der Waals surface area contributed by atoms with E-state index in [1.165, 1.54) is 35.2 Å². The predicted molar refractivity (Wildman–Crippen MR) is 96.4 cm³/mol. The van der Waals surface area contributed by atoms with Crippen molar-refractivity contribution in [2.24, 2.45) is 0 Å². The largest absolute Gasteiger partial charge is 0.486 e. The van der Waals surface area contributed by atoms with Crippen molar-refractivity contribution in [2.75, 3.05) is 24.3 Å². The number of carbonyl (C=O) groups excluding carboxylic acids is 1. The Morgan fingerprint density at radius 2 is 2.04 bits per heavy atom. The summed E-state index contributed by atoms with van der Waals surface area (Å²) >= 11 is 2.65. The Kier molecular flexibility index (Phi) is 4.46. The van der Waals surface area contributed by atoms with Crippen molar-refractivity contribution in [3.8, 4) is 11.5 Å². The normalized spacial score (nSPS) is 13.0. The summed E-state index contributed by atoms with van der Waals surface area (Å²) in [6.07, 6.45) is 0. The molecule has 1 aliphatic heterocycles. The van der Waals surface area contributed by atoms with Crippen molar-refractivity contribution in [3.63, 3.8) is 0 Å². The molecule has 128 valence electrons. The fraction of sp³-hybridized carbons (Fsp3) is 0.176. The Hall–Kier alpha value is -2.32. The van der Waals surface area contributed by atoms with Crippen LogP contribution in [0.15, 0.2) is 41.3 Å². The number of rotatable bonds is 4. The summed E-state index contributed by atoms with van der Waals surface area (Å²) in [6, 6.07) is 9.97. The summed E-state index contributed by atoms with van der Waals surface area (Å²) in [6.45, 7) is 1.08. The smallest absolute Gasteiger partial charge is 0.236 e. The van der Waals surface area contributed by atoms with Crippen LogP contribution in [0.3, 0.4) is 0 Å². The minimum Gasteiger partial charge on any atom is -0.486 e. The number of anilines is 1. The zero-order chi connectivity index (χ0) is 17.2. The molecule has 1 aliphatic rings. The van der Waals surface area contributed by atoms with Crippen LogP contribution >= 0.6 is 23.1 Å². The molecule has 1 N–H and O–H groups in total. The molecule has 0 bridgehead atoms. The van der Waals surface area contributed by atoms with Crippen molar-refractivity contribution in [1.82, 2.24) is 4.98 Å². The number of carbonyl (C=O) groups is 1. The molecule has 0 atom stereocenters. The highest BCUT2D eigenvalue weighted by atomic mass is 32.2. The van der Waals surface area contributed by atoms with Crippen LogP contribution < -0.4 is 14.8 Å². The van der Waals surface area contributed by atoms with Crippen LogP contribution in [-0.4, -0.2) is 29.9 Å². The minimum atomic E-state index is -0.316. The van der Waals surface area contributed by atoms with Gasteiger partial charge in [0.1, 0.15) is 19.0 Å². The quantitative estimate of drug-likeness (QED) is 0.699. The Morgan fingerprint density at radius 1 is 1.20 bits per heavy atom. The number of nitrogens with zero attached hydrogens (tertiary/aromatic N) is 1. The number of halogens is 1. The molecule has 2 heterocycles. The predicted octanol–water partition coefficient (Wildman–Crippen LogP) is 3.94. The number of thioether (sulfide) groups is 1. The van der Waals surface area contributed by atoms with Crippen molar-refractivity contribution >= 4 is 44.4 Å². The van der Waals surface area contributed by atoms with Gasteiger partial charge in [0.05, 0.1) is 16.0 Å². The summed E-state index contributed by atoms with van der Waals surface area (Å²) in [5.74, 6) is 1.18. The van der Waals surface area contributed by atoms with Gasteiger partial charge < -0.3 is 14.8 Å². The lowest BCUT2D eigenvalue weighted by atomic mass is 10.3. The lowest BCUT2D eigenvalue weighted by Crippen LogP contribution is -2.15. The summed E-state index contributed by atoms with van der Waals surface area (Å²) < 4.78 is 24.9. The molecule has 4 rings (SSSR count). The molecule has 1 amide bonds. The van der Waals surface area contributed by atoms with Crippen LogP contribution in [0.5, 0.6) is 11.5 Å². The topological polar surface area (TPSA) is 60.5 Å². The van der Waals surface area contributed by atoms with E-state index in [4.69, 9.17) is 9.47 Å². The molecule has 0 fully saturated rings. The van der Waals surface area contributed by atoms with Gasteiger partial charge in [0.2, 0.25) is 5.91 Å². The minimum absolute atomic E-state index is 0.167. The van der Waals surface area contributed by atoms with Crippen LogP contribution in [0.2, 0.25) is 0 Å². The van der Waals surface area contributed by atoms with Crippen molar-refractivity contribution in [3.05, 3.63) is 42.2 Å². The molecule has 5 nitrogen and oxygen atoms in total. The summed E-state index contributed by atoms with van der Waals surface area (Å²) in [7, 11) is 0. The number of aromatic nitrogens is 1. The van der Waals surface area contributed by atoms with Crippen molar-refractivity contribution < 1.29 is 18.7 Å². The molecular formula is C17H13FN2O3S2. The second-order valence-electron chi connectivity index (χ2n) is 5.27. The molecule has 0 radical (unpaired) electrons. The molecule has 2 aromatic carbocycles. The Bertz CT molecular complexity index is 945. The third kappa shape index (κ3) is 3.69. The van der Waals surface area contributed by atoms with Gasteiger partial charge in [-0.05, 0) is 36.4 Å². The van der Waals surface area contributed by atoms with Gasteiger partial charge in [0.25, 0.3) is 0 Å². The summed E-state index contributed by atoms with van der Waals surface area (Å²) in [5.41, 5.74) is 0.668. The van der Waals surface area contributed by atoms with Gasteiger partial charge in [-0.25, -0.2) is 9.37 Å². The zero-order valence-corrected chi connectivity index (χ0v) is 14.6. The number of nitrogens with one attached hydrogen (secondary N) is 1. The third-order valence-corrected chi connectivity index (χ3v) is 5.41. The van der Waals surface area contributed by atoms with E-state index in [0.29, 0.717) is 34.3 Å². The van der Waals surface area contributed by atoms with E-state index in [0.717, 1.165) is 10.6 Å². The molecule has 0 unspecified atom stereocenters. The Balaban J connectivity index is 1.38. The number of hydrogen-bond donors (Lipinski definition) is 1. The van der Waals surface area contributed by atoms with E-state index >= 15 is 0 Å². The molecule has 0 saturated carbocycles. The van der Waals surface area contributed by atoms with Gasteiger partial charge in [0, 0.05) is 4.90 Å². The number of benzene rings is 2. The second kappa shape index (κ2) is 6.89. The van der Waals surface area contributed by atoms with E-state index < -0.39 is 0 Å². The maximum Gasteiger partial charge on any atom is 0.236 e. The van der Waals surface area contributed by atoms with Crippen molar-refractivity contribution in [2.45, 2.75) is 4.90 Å². The first-order valence-electron chi connectivity index (χ1n) is 7.56. The number of ether oxygens (including phenoxy) is 2. The first-order valence-corrected chi connectivity index (χ1v) is 9.36. The maximum absolute atomic E-state index is 13.2. The van der Waals surface area contributed by atoms with Crippen LogP contribution in [0.1, 0.15) is 0 Å².